The fourth-order valence-electron chi connectivity index (χ4n) is 2.46. The molecule has 0 bridgehead atoms. The molecule has 2 amide bonds. The molecule has 0 aliphatic carbocycles. The van der Waals surface area contributed by atoms with Gasteiger partial charge in [0.25, 0.3) is 11.8 Å². The van der Waals surface area contributed by atoms with Crippen LogP contribution in [0.15, 0.2) is 48.8 Å². The fourth-order valence-corrected chi connectivity index (χ4v) is 2.58. The quantitative estimate of drug-likeness (QED) is 0.544. The van der Waals surface area contributed by atoms with Crippen molar-refractivity contribution in [3.05, 3.63) is 59.4 Å². The summed E-state index contributed by atoms with van der Waals surface area (Å²) in [6.07, 6.45) is 0.916. The topological polar surface area (TPSA) is 96.1 Å². The second kappa shape index (κ2) is 8.55. The van der Waals surface area contributed by atoms with E-state index in [2.05, 4.69) is 20.6 Å². The number of ether oxygens (including phenoxy) is 1. The molecule has 1 unspecified atom stereocenters. The Morgan fingerprint density at radius 2 is 1.89 bits per heavy atom. The minimum atomic E-state index is -0.662. The molecule has 0 saturated carbocycles. The highest BCUT2D eigenvalue weighted by Gasteiger charge is 2.14. The van der Waals surface area contributed by atoms with Crippen LogP contribution < -0.4 is 15.4 Å². The van der Waals surface area contributed by atoms with Gasteiger partial charge in [0.2, 0.25) is 0 Å². The van der Waals surface area contributed by atoms with E-state index in [-0.39, 0.29) is 11.8 Å². The number of hydrogen-bond acceptors (Lipinski definition) is 4. The van der Waals surface area contributed by atoms with E-state index < -0.39 is 6.10 Å². The van der Waals surface area contributed by atoms with Crippen LogP contribution in [0.25, 0.3) is 11.0 Å². The van der Waals surface area contributed by atoms with Gasteiger partial charge in [-0.1, -0.05) is 11.6 Å². The Morgan fingerprint density at radius 1 is 1.15 bits per heavy atom. The molecule has 7 nitrogen and oxygen atoms in total. The van der Waals surface area contributed by atoms with Gasteiger partial charge in [0.05, 0.1) is 17.4 Å². The third-order valence-electron chi connectivity index (χ3n) is 3.89. The number of fused-ring (bicyclic) bond motifs is 1. The number of carbonyl (C=O) groups excluding carboxylic acids is 2. The van der Waals surface area contributed by atoms with Gasteiger partial charge in [0, 0.05) is 23.7 Å². The molecule has 140 valence electrons. The van der Waals surface area contributed by atoms with Crippen LogP contribution in [0.3, 0.4) is 0 Å². The number of nitrogens with one attached hydrogen (secondary N) is 3. The van der Waals surface area contributed by atoms with Gasteiger partial charge >= 0.3 is 0 Å². The summed E-state index contributed by atoms with van der Waals surface area (Å²) in [6, 6.07) is 12.0. The molecule has 1 heterocycles. The number of hydrogen-bond donors (Lipinski definition) is 3. The van der Waals surface area contributed by atoms with E-state index >= 15 is 0 Å². The maximum Gasteiger partial charge on any atom is 0.260 e. The highest BCUT2D eigenvalue weighted by atomic mass is 35.5. The average molecular weight is 387 g/mol. The van der Waals surface area contributed by atoms with Crippen molar-refractivity contribution >= 4 is 34.4 Å². The summed E-state index contributed by atoms with van der Waals surface area (Å²) in [6.45, 7) is 2.26. The molecule has 8 heteroatoms. The van der Waals surface area contributed by atoms with Crippen LogP contribution in [0.2, 0.25) is 5.02 Å². The minimum Gasteiger partial charge on any atom is -0.481 e. The predicted molar refractivity (Wildman–Crippen MR) is 103 cm³/mol. The maximum atomic E-state index is 12.2. The number of benzene rings is 2. The molecule has 1 atom stereocenters. The van der Waals surface area contributed by atoms with Crippen molar-refractivity contribution in [3.63, 3.8) is 0 Å². The van der Waals surface area contributed by atoms with Gasteiger partial charge < -0.3 is 20.4 Å². The lowest BCUT2D eigenvalue weighted by atomic mass is 10.2. The van der Waals surface area contributed by atoms with Crippen molar-refractivity contribution < 1.29 is 14.3 Å². The molecule has 2 aromatic carbocycles. The second-order valence-electron chi connectivity index (χ2n) is 5.90. The Hall–Kier alpha value is -3.06. The van der Waals surface area contributed by atoms with E-state index in [9.17, 15) is 9.59 Å². The van der Waals surface area contributed by atoms with E-state index in [1.165, 1.54) is 0 Å². The molecule has 0 spiro atoms. The van der Waals surface area contributed by atoms with Crippen LogP contribution in [0, 0.1) is 0 Å². The number of aromatic nitrogens is 2. The monoisotopic (exact) mass is 386 g/mol. The number of halogens is 1. The average Bonchev–Trinajstić information content (AvgIpc) is 3.14. The largest absolute Gasteiger partial charge is 0.481 e. The predicted octanol–water partition coefficient (Wildman–Crippen LogP) is 2.53. The first-order valence-corrected chi connectivity index (χ1v) is 8.82. The van der Waals surface area contributed by atoms with Crippen LogP contribution in [0.5, 0.6) is 5.75 Å². The van der Waals surface area contributed by atoms with Gasteiger partial charge in [-0.2, -0.15) is 0 Å². The van der Waals surface area contributed by atoms with Gasteiger partial charge in [-0.3, -0.25) is 9.59 Å². The lowest BCUT2D eigenvalue weighted by Gasteiger charge is -2.15. The normalized spacial score (nSPS) is 11.8. The Balaban J connectivity index is 1.41. The lowest BCUT2D eigenvalue weighted by Crippen LogP contribution is -2.40. The first-order chi connectivity index (χ1) is 13.0. The third-order valence-corrected chi connectivity index (χ3v) is 4.14. The van der Waals surface area contributed by atoms with Crippen LogP contribution in [-0.2, 0) is 4.79 Å². The van der Waals surface area contributed by atoms with Crippen LogP contribution in [0.1, 0.15) is 17.3 Å². The highest BCUT2D eigenvalue weighted by Crippen LogP contribution is 2.16. The molecule has 0 aliphatic rings. The van der Waals surface area contributed by atoms with Gasteiger partial charge in [-0.05, 0) is 49.4 Å². The lowest BCUT2D eigenvalue weighted by molar-refractivity contribution is -0.127. The van der Waals surface area contributed by atoms with E-state index in [1.54, 1.807) is 55.7 Å². The van der Waals surface area contributed by atoms with Crippen molar-refractivity contribution in [1.82, 2.24) is 20.6 Å². The molecule has 1 aromatic heterocycles. The molecular weight excluding hydrogens is 368 g/mol. The van der Waals surface area contributed by atoms with Crippen LogP contribution >= 0.6 is 11.6 Å². The summed E-state index contributed by atoms with van der Waals surface area (Å²) >= 11 is 5.81. The van der Waals surface area contributed by atoms with Crippen molar-refractivity contribution in [2.24, 2.45) is 0 Å². The zero-order valence-electron chi connectivity index (χ0n) is 14.7. The Kier molecular flexibility index (Phi) is 5.93. The number of carbonyl (C=O) groups is 2. The Bertz CT molecular complexity index is 940. The smallest absolute Gasteiger partial charge is 0.260 e. The maximum absolute atomic E-state index is 12.2. The number of imidazole rings is 1. The van der Waals surface area contributed by atoms with Crippen molar-refractivity contribution in [2.45, 2.75) is 13.0 Å². The summed E-state index contributed by atoms with van der Waals surface area (Å²) in [4.78, 5) is 31.3. The minimum absolute atomic E-state index is 0.216. The van der Waals surface area contributed by atoms with Gasteiger partial charge in [0.15, 0.2) is 6.10 Å². The molecule has 0 saturated heterocycles. The highest BCUT2D eigenvalue weighted by molar-refractivity contribution is 6.30. The van der Waals surface area contributed by atoms with Gasteiger partial charge in [-0.15, -0.1) is 0 Å². The van der Waals surface area contributed by atoms with Gasteiger partial charge in [-0.25, -0.2) is 4.98 Å². The summed E-state index contributed by atoms with van der Waals surface area (Å²) in [5.41, 5.74) is 2.12. The number of aromatic amines is 1. The van der Waals surface area contributed by atoms with E-state index in [0.29, 0.717) is 29.4 Å². The summed E-state index contributed by atoms with van der Waals surface area (Å²) in [7, 11) is 0. The number of rotatable bonds is 7. The molecule has 27 heavy (non-hydrogen) atoms. The van der Waals surface area contributed by atoms with Crippen molar-refractivity contribution in [2.75, 3.05) is 13.1 Å². The zero-order valence-corrected chi connectivity index (χ0v) is 15.4. The first-order valence-electron chi connectivity index (χ1n) is 8.44. The summed E-state index contributed by atoms with van der Waals surface area (Å²) in [5, 5.41) is 6.09. The van der Waals surface area contributed by atoms with Crippen LogP contribution in [-0.4, -0.2) is 41.0 Å². The van der Waals surface area contributed by atoms with E-state index in [0.717, 1.165) is 11.0 Å². The summed E-state index contributed by atoms with van der Waals surface area (Å²) in [5.74, 6) is 0.0776. The molecule has 0 fully saturated rings. The Labute approximate surface area is 161 Å². The van der Waals surface area contributed by atoms with Crippen LogP contribution in [0.4, 0.5) is 0 Å². The number of amides is 2. The van der Waals surface area contributed by atoms with Gasteiger partial charge in [0.1, 0.15) is 5.75 Å². The number of nitrogens with zero attached hydrogens (tertiary/aromatic N) is 1. The first kappa shape index (κ1) is 18.7. The SMILES string of the molecule is CC(Oc1ccc(Cl)cc1)C(=O)NCCNC(=O)c1ccc2nc[nH]c2c1. The molecule has 3 aromatic rings. The third kappa shape index (κ3) is 4.98. The molecule has 0 aliphatic heterocycles. The standard InChI is InChI=1S/C19H19ClN4O3/c1-12(27-15-5-3-14(20)4-6-15)18(25)21-8-9-22-19(26)13-2-7-16-17(10-13)24-11-23-16/h2-7,10-12H,8-9H2,1H3,(H,21,25)(H,22,26)(H,23,24). The van der Waals surface area contributed by atoms with E-state index in [1.807, 2.05) is 0 Å². The van der Waals surface area contributed by atoms with Crippen molar-refractivity contribution in [3.8, 4) is 5.75 Å². The fraction of sp³-hybridized carbons (Fsp3) is 0.211. The number of H-pyrrole nitrogens is 1. The molecule has 3 rings (SSSR count). The molecule has 0 radical (unpaired) electrons. The van der Waals surface area contributed by atoms with E-state index in [4.69, 9.17) is 16.3 Å². The summed E-state index contributed by atoms with van der Waals surface area (Å²) < 4.78 is 5.54. The molecular formula is C19H19ClN4O3. The molecule has 3 N–H and O–H groups in total. The van der Waals surface area contributed by atoms with Crippen molar-refractivity contribution in [1.29, 1.82) is 0 Å². The second-order valence-corrected chi connectivity index (χ2v) is 6.33. The Morgan fingerprint density at radius 3 is 2.67 bits per heavy atom. The zero-order chi connectivity index (χ0) is 19.2.